The van der Waals surface area contributed by atoms with Crippen molar-refractivity contribution in [1.82, 2.24) is 4.72 Å². The standard InChI is InChI=1S/C12H12F3NO4S/c13-12(14,15)11(5-6-11)16-21(19,20)7-8-1-3-9(4-2-8)10(17)18/h1-4,16H,5-7H2,(H,17,18). The average molecular weight is 323 g/mol. The number of rotatable bonds is 5. The maximum Gasteiger partial charge on any atom is 0.407 e. The molecule has 0 amide bonds. The summed E-state index contributed by atoms with van der Waals surface area (Å²) in [5.41, 5.74) is -2.16. The van der Waals surface area contributed by atoms with Gasteiger partial charge < -0.3 is 5.11 Å². The molecule has 0 radical (unpaired) electrons. The molecule has 21 heavy (non-hydrogen) atoms. The van der Waals surface area contributed by atoms with E-state index < -0.39 is 33.5 Å². The van der Waals surface area contributed by atoms with E-state index in [9.17, 15) is 26.4 Å². The number of carbonyl (C=O) groups is 1. The first kappa shape index (κ1) is 15.8. The van der Waals surface area contributed by atoms with Crippen LogP contribution in [-0.2, 0) is 15.8 Å². The van der Waals surface area contributed by atoms with Crippen LogP contribution in [0.1, 0.15) is 28.8 Å². The Hall–Kier alpha value is -1.61. The quantitative estimate of drug-likeness (QED) is 0.867. The molecule has 0 aliphatic heterocycles. The molecule has 0 bridgehead atoms. The van der Waals surface area contributed by atoms with Crippen molar-refractivity contribution in [3.63, 3.8) is 0 Å². The zero-order valence-corrected chi connectivity index (χ0v) is 11.5. The summed E-state index contributed by atoms with van der Waals surface area (Å²) in [6.45, 7) is 0. The Morgan fingerprint density at radius 3 is 2.14 bits per heavy atom. The Morgan fingerprint density at radius 2 is 1.76 bits per heavy atom. The first-order valence-corrected chi connectivity index (χ1v) is 7.61. The zero-order chi connectivity index (χ0) is 15.9. The van der Waals surface area contributed by atoms with Gasteiger partial charge in [0.15, 0.2) is 0 Å². The highest BCUT2D eigenvalue weighted by atomic mass is 32.2. The van der Waals surface area contributed by atoms with Gasteiger partial charge in [-0.1, -0.05) is 12.1 Å². The zero-order valence-electron chi connectivity index (χ0n) is 10.6. The average Bonchev–Trinajstić information content (AvgIpc) is 3.08. The molecule has 0 spiro atoms. The van der Waals surface area contributed by atoms with Gasteiger partial charge >= 0.3 is 12.1 Å². The monoisotopic (exact) mass is 323 g/mol. The summed E-state index contributed by atoms with van der Waals surface area (Å²) in [6.07, 6.45) is -5.16. The number of aromatic carboxylic acids is 1. The lowest BCUT2D eigenvalue weighted by Gasteiger charge is -2.20. The molecule has 9 heteroatoms. The number of carboxylic acid groups (broad SMARTS) is 1. The van der Waals surface area contributed by atoms with Gasteiger partial charge in [0.2, 0.25) is 10.0 Å². The summed E-state index contributed by atoms with van der Waals surface area (Å²) in [7, 11) is -4.16. The number of alkyl halides is 3. The van der Waals surface area contributed by atoms with E-state index in [1.54, 1.807) is 4.72 Å². The van der Waals surface area contributed by atoms with E-state index in [0.717, 1.165) is 0 Å². The fraction of sp³-hybridized carbons (Fsp3) is 0.417. The van der Waals surface area contributed by atoms with E-state index in [1.165, 1.54) is 24.3 Å². The normalized spacial score (nSPS) is 17.5. The third-order valence-electron chi connectivity index (χ3n) is 3.20. The molecule has 5 nitrogen and oxygen atoms in total. The molecular formula is C12H12F3NO4S. The summed E-state index contributed by atoms with van der Waals surface area (Å²) in [5, 5.41) is 8.70. The van der Waals surface area contributed by atoms with Gasteiger partial charge in [-0.25, -0.2) is 13.2 Å². The molecule has 0 saturated heterocycles. The van der Waals surface area contributed by atoms with Crippen molar-refractivity contribution in [2.24, 2.45) is 0 Å². The molecule has 2 rings (SSSR count). The smallest absolute Gasteiger partial charge is 0.407 e. The molecule has 1 fully saturated rings. The maximum atomic E-state index is 12.7. The van der Waals surface area contributed by atoms with E-state index >= 15 is 0 Å². The first-order chi connectivity index (χ1) is 9.55. The van der Waals surface area contributed by atoms with Gasteiger partial charge in [0.1, 0.15) is 5.54 Å². The van der Waals surface area contributed by atoms with E-state index in [1.807, 2.05) is 0 Å². The van der Waals surface area contributed by atoms with Crippen LogP contribution in [0.2, 0.25) is 0 Å². The van der Waals surface area contributed by atoms with Gasteiger partial charge in [0.05, 0.1) is 11.3 Å². The number of halogens is 3. The fourth-order valence-electron chi connectivity index (χ4n) is 1.87. The van der Waals surface area contributed by atoms with Crippen LogP contribution in [0.25, 0.3) is 0 Å². The molecule has 0 atom stereocenters. The Labute approximate surface area is 118 Å². The summed E-state index contributed by atoms with van der Waals surface area (Å²) in [6, 6.07) is 4.92. The summed E-state index contributed by atoms with van der Waals surface area (Å²) < 4.78 is 63.4. The van der Waals surface area contributed by atoms with Crippen LogP contribution < -0.4 is 4.72 Å². The van der Waals surface area contributed by atoms with Crippen molar-refractivity contribution in [3.05, 3.63) is 35.4 Å². The van der Waals surface area contributed by atoms with Crippen LogP contribution in [0.3, 0.4) is 0 Å². The fourth-order valence-corrected chi connectivity index (χ4v) is 3.48. The Balaban J connectivity index is 2.10. The van der Waals surface area contributed by atoms with E-state index in [4.69, 9.17) is 5.11 Å². The molecule has 116 valence electrons. The Bertz CT molecular complexity index is 648. The highest BCUT2D eigenvalue weighted by Crippen LogP contribution is 2.49. The number of hydrogen-bond acceptors (Lipinski definition) is 3. The van der Waals surface area contributed by atoms with Crippen LogP contribution in [-0.4, -0.2) is 31.2 Å². The maximum absolute atomic E-state index is 12.7. The van der Waals surface area contributed by atoms with E-state index in [2.05, 4.69) is 0 Å². The summed E-state index contributed by atoms with van der Waals surface area (Å²) >= 11 is 0. The molecule has 1 aliphatic rings. The second kappa shape index (κ2) is 4.99. The lowest BCUT2D eigenvalue weighted by atomic mass is 10.1. The molecule has 1 aromatic rings. The molecule has 0 heterocycles. The van der Waals surface area contributed by atoms with Gasteiger partial charge in [-0.3, -0.25) is 0 Å². The second-order valence-electron chi connectivity index (χ2n) is 4.94. The van der Waals surface area contributed by atoms with Crippen molar-refractivity contribution >= 4 is 16.0 Å². The number of sulfonamides is 1. The van der Waals surface area contributed by atoms with Gasteiger partial charge in [-0.15, -0.1) is 0 Å². The predicted octanol–water partition coefficient (Wildman–Crippen LogP) is 1.90. The van der Waals surface area contributed by atoms with Crippen LogP contribution in [0.5, 0.6) is 0 Å². The number of nitrogens with one attached hydrogen (secondary N) is 1. The van der Waals surface area contributed by atoms with E-state index in [-0.39, 0.29) is 24.0 Å². The SMILES string of the molecule is O=C(O)c1ccc(CS(=O)(=O)NC2(C(F)(F)F)CC2)cc1. The highest BCUT2D eigenvalue weighted by molar-refractivity contribution is 7.88. The van der Waals surface area contributed by atoms with E-state index in [0.29, 0.717) is 0 Å². The molecular weight excluding hydrogens is 311 g/mol. The number of benzene rings is 1. The molecule has 1 saturated carbocycles. The van der Waals surface area contributed by atoms with Crippen molar-refractivity contribution in [3.8, 4) is 0 Å². The van der Waals surface area contributed by atoms with Crippen molar-refractivity contribution in [2.45, 2.75) is 30.3 Å². The molecule has 0 aromatic heterocycles. The summed E-state index contributed by atoms with van der Waals surface area (Å²) in [5.74, 6) is -1.80. The van der Waals surface area contributed by atoms with Gasteiger partial charge in [0, 0.05) is 0 Å². The van der Waals surface area contributed by atoms with Crippen LogP contribution in [0, 0.1) is 0 Å². The minimum absolute atomic E-state index is 0.0296. The topological polar surface area (TPSA) is 83.5 Å². The lowest BCUT2D eigenvalue weighted by molar-refractivity contribution is -0.160. The van der Waals surface area contributed by atoms with Crippen LogP contribution in [0.4, 0.5) is 13.2 Å². The number of hydrogen-bond donors (Lipinski definition) is 2. The highest BCUT2D eigenvalue weighted by Gasteiger charge is 2.65. The van der Waals surface area contributed by atoms with Gasteiger partial charge in [-0.2, -0.15) is 17.9 Å². The van der Waals surface area contributed by atoms with Crippen LogP contribution in [0.15, 0.2) is 24.3 Å². The van der Waals surface area contributed by atoms with Crippen LogP contribution >= 0.6 is 0 Å². The van der Waals surface area contributed by atoms with Crippen molar-refractivity contribution in [2.75, 3.05) is 0 Å². The third-order valence-corrected chi connectivity index (χ3v) is 4.62. The molecule has 0 unspecified atom stereocenters. The first-order valence-electron chi connectivity index (χ1n) is 5.95. The van der Waals surface area contributed by atoms with Gasteiger partial charge in [0.25, 0.3) is 0 Å². The largest absolute Gasteiger partial charge is 0.478 e. The Kier molecular flexibility index (Phi) is 3.75. The van der Waals surface area contributed by atoms with Crippen molar-refractivity contribution < 1.29 is 31.5 Å². The molecule has 1 aliphatic carbocycles. The number of carboxylic acids is 1. The Morgan fingerprint density at radius 1 is 1.24 bits per heavy atom. The third kappa shape index (κ3) is 3.53. The molecule has 2 N–H and O–H groups in total. The summed E-state index contributed by atoms with van der Waals surface area (Å²) in [4.78, 5) is 10.6. The van der Waals surface area contributed by atoms with Gasteiger partial charge in [-0.05, 0) is 30.5 Å². The second-order valence-corrected chi connectivity index (χ2v) is 6.67. The predicted molar refractivity (Wildman–Crippen MR) is 67.2 cm³/mol. The van der Waals surface area contributed by atoms with Crippen molar-refractivity contribution in [1.29, 1.82) is 0 Å². The minimum Gasteiger partial charge on any atom is -0.478 e. The minimum atomic E-state index is -4.62. The lowest BCUT2D eigenvalue weighted by Crippen LogP contribution is -2.48. The molecule has 1 aromatic carbocycles.